The average Bonchev–Trinajstić information content (AvgIpc) is 3.03. The summed E-state index contributed by atoms with van der Waals surface area (Å²) in [7, 11) is -4.30. The Balaban J connectivity index is 4.40. The van der Waals surface area contributed by atoms with Crippen LogP contribution in [-0.2, 0) is 32.7 Å². The fourth-order valence-electron chi connectivity index (χ4n) is 4.04. The number of allylic oxidation sites excluding steroid dienone is 11. The molecule has 2 unspecified atom stereocenters. The van der Waals surface area contributed by atoms with E-state index in [0.717, 1.165) is 64.2 Å². The largest absolute Gasteiger partial charge is 0.472 e. The van der Waals surface area contributed by atoms with Crippen molar-refractivity contribution in [2.75, 3.05) is 19.8 Å². The highest BCUT2D eigenvalue weighted by Gasteiger charge is 2.25. The summed E-state index contributed by atoms with van der Waals surface area (Å²) in [6.45, 7) is 5.15. The number of unbranched alkanes of at least 4 members (excludes halogenated alkanes) is 7. The molecular weight excluding hydrogens is 603 g/mol. The summed E-state index contributed by atoms with van der Waals surface area (Å²) in [5.41, 5.74) is 0. The van der Waals surface area contributed by atoms with E-state index in [0.29, 0.717) is 12.8 Å². The topological polar surface area (TPSA) is 108 Å². The van der Waals surface area contributed by atoms with Crippen molar-refractivity contribution in [2.45, 2.75) is 130 Å². The van der Waals surface area contributed by atoms with Gasteiger partial charge in [0, 0.05) is 6.42 Å². The van der Waals surface area contributed by atoms with Crippen LogP contribution in [0.3, 0.4) is 0 Å². The molecule has 0 aliphatic carbocycles. The van der Waals surface area contributed by atoms with E-state index in [-0.39, 0.29) is 26.1 Å². The van der Waals surface area contributed by atoms with E-state index in [1.807, 2.05) is 12.2 Å². The average molecular weight is 665 g/mol. The highest BCUT2D eigenvalue weighted by Crippen LogP contribution is 2.43. The van der Waals surface area contributed by atoms with Gasteiger partial charge in [-0.1, -0.05) is 119 Å². The predicted octanol–water partition coefficient (Wildman–Crippen LogP) is 10.2. The molecule has 0 heterocycles. The molecule has 0 fully saturated rings. The number of rotatable bonds is 30. The number of esters is 2. The van der Waals surface area contributed by atoms with Crippen molar-refractivity contribution < 1.29 is 37.6 Å². The third kappa shape index (κ3) is 31.5. The summed E-state index contributed by atoms with van der Waals surface area (Å²) in [4.78, 5) is 34.4. The molecule has 0 aliphatic rings. The summed E-state index contributed by atoms with van der Waals surface area (Å²) < 4.78 is 32.3. The molecular formula is C37H61O8P. The Morgan fingerprint density at radius 3 is 1.76 bits per heavy atom. The Morgan fingerprint density at radius 1 is 0.630 bits per heavy atom. The zero-order valence-corrected chi connectivity index (χ0v) is 29.6. The van der Waals surface area contributed by atoms with E-state index in [1.54, 1.807) is 13.0 Å². The lowest BCUT2D eigenvalue weighted by molar-refractivity contribution is -0.160. The van der Waals surface area contributed by atoms with Gasteiger partial charge in [0.15, 0.2) is 6.10 Å². The molecule has 0 bridgehead atoms. The lowest BCUT2D eigenvalue weighted by Crippen LogP contribution is -2.29. The van der Waals surface area contributed by atoms with Crippen LogP contribution in [0.15, 0.2) is 72.9 Å². The maximum absolute atomic E-state index is 12.4. The maximum atomic E-state index is 12.4. The predicted molar refractivity (Wildman–Crippen MR) is 188 cm³/mol. The Bertz CT molecular complexity index is 980. The molecule has 0 aromatic carbocycles. The van der Waals surface area contributed by atoms with Crippen LogP contribution in [0.4, 0.5) is 0 Å². The van der Waals surface area contributed by atoms with Crippen LogP contribution >= 0.6 is 7.82 Å². The molecule has 0 spiro atoms. The van der Waals surface area contributed by atoms with Gasteiger partial charge in [0.2, 0.25) is 0 Å². The smallest absolute Gasteiger partial charge is 0.462 e. The zero-order chi connectivity index (χ0) is 34.0. The first-order valence-electron chi connectivity index (χ1n) is 17.2. The second-order valence-corrected chi connectivity index (χ2v) is 12.3. The van der Waals surface area contributed by atoms with E-state index < -0.39 is 32.5 Å². The molecule has 262 valence electrons. The molecule has 0 radical (unpaired) electrons. The van der Waals surface area contributed by atoms with Crippen molar-refractivity contribution >= 4 is 19.8 Å². The summed E-state index contributed by atoms with van der Waals surface area (Å²) in [5.74, 6) is -0.967. The first kappa shape index (κ1) is 43.5. The quantitative estimate of drug-likeness (QED) is 0.0350. The fourth-order valence-corrected chi connectivity index (χ4v) is 4.79. The molecule has 46 heavy (non-hydrogen) atoms. The number of carbonyl (C=O) groups is 2. The first-order valence-corrected chi connectivity index (χ1v) is 18.7. The summed E-state index contributed by atoms with van der Waals surface area (Å²) in [6.07, 6.45) is 38.5. The minimum Gasteiger partial charge on any atom is -0.462 e. The summed E-state index contributed by atoms with van der Waals surface area (Å²) >= 11 is 0. The van der Waals surface area contributed by atoms with E-state index in [9.17, 15) is 19.0 Å². The van der Waals surface area contributed by atoms with Crippen molar-refractivity contribution in [1.82, 2.24) is 0 Å². The number of phosphoric acid groups is 1. The molecule has 0 aromatic heterocycles. The molecule has 9 heteroatoms. The molecule has 0 saturated carbocycles. The van der Waals surface area contributed by atoms with Gasteiger partial charge in [-0.15, -0.1) is 0 Å². The Morgan fingerprint density at radius 2 is 1.17 bits per heavy atom. The van der Waals surface area contributed by atoms with Gasteiger partial charge in [-0.05, 0) is 64.7 Å². The molecule has 0 aliphatic heterocycles. The summed E-state index contributed by atoms with van der Waals surface area (Å²) in [6, 6.07) is 0. The Labute approximate surface area is 279 Å². The highest BCUT2D eigenvalue weighted by molar-refractivity contribution is 7.47. The van der Waals surface area contributed by atoms with Crippen molar-refractivity contribution in [2.24, 2.45) is 0 Å². The van der Waals surface area contributed by atoms with Gasteiger partial charge in [-0.2, -0.15) is 0 Å². The second kappa shape index (κ2) is 32.4. The van der Waals surface area contributed by atoms with Crippen molar-refractivity contribution in [3.05, 3.63) is 72.9 Å². The van der Waals surface area contributed by atoms with E-state index in [4.69, 9.17) is 18.5 Å². The van der Waals surface area contributed by atoms with E-state index in [2.05, 4.69) is 68.5 Å². The van der Waals surface area contributed by atoms with Crippen LogP contribution in [0.1, 0.15) is 124 Å². The zero-order valence-electron chi connectivity index (χ0n) is 28.7. The third-order valence-electron chi connectivity index (χ3n) is 6.53. The Hall–Kier alpha value is -2.51. The number of phosphoric ester groups is 1. The molecule has 0 amide bonds. The van der Waals surface area contributed by atoms with Gasteiger partial charge >= 0.3 is 19.8 Å². The third-order valence-corrected chi connectivity index (χ3v) is 7.59. The van der Waals surface area contributed by atoms with E-state index in [1.165, 1.54) is 12.8 Å². The van der Waals surface area contributed by atoms with Crippen LogP contribution in [0.25, 0.3) is 0 Å². The number of hydrogen-bond acceptors (Lipinski definition) is 7. The second-order valence-electron chi connectivity index (χ2n) is 10.8. The van der Waals surface area contributed by atoms with Crippen molar-refractivity contribution in [1.29, 1.82) is 0 Å². The van der Waals surface area contributed by atoms with Gasteiger partial charge < -0.3 is 14.4 Å². The molecule has 0 rings (SSSR count). The summed E-state index contributed by atoms with van der Waals surface area (Å²) in [5, 5.41) is 0. The van der Waals surface area contributed by atoms with Gasteiger partial charge in [0.1, 0.15) is 6.61 Å². The molecule has 1 N–H and O–H groups in total. The van der Waals surface area contributed by atoms with Gasteiger partial charge in [-0.3, -0.25) is 18.6 Å². The SMILES string of the molecule is CC/C=C\C/C=C\C/C=C\C/C=C\C/C=C\CC(=O)OC(COC(=O)CCCCCCC/C=C\CCCC)COP(=O)(O)OCC. The lowest BCUT2D eigenvalue weighted by Gasteiger charge is -2.19. The number of ether oxygens (including phenoxy) is 2. The molecule has 8 nitrogen and oxygen atoms in total. The molecule has 2 atom stereocenters. The van der Waals surface area contributed by atoms with Crippen LogP contribution < -0.4 is 0 Å². The van der Waals surface area contributed by atoms with Gasteiger partial charge in [-0.25, -0.2) is 4.57 Å². The van der Waals surface area contributed by atoms with Gasteiger partial charge in [0.25, 0.3) is 0 Å². The molecule has 0 aromatic rings. The standard InChI is InChI=1S/C37H61O8P/c1-4-7-9-11-13-15-17-18-19-20-22-24-26-28-30-32-37(39)45-35(34-44-46(40,41)43-6-3)33-42-36(38)31-29-27-25-23-21-16-14-12-10-8-5-2/h7,9,12-15,18-19,22,24,28,30,35H,4-6,8,10-11,16-17,20-21,23,25-27,29,31-34H2,1-3H3,(H,40,41)/b9-7-,14-12-,15-13-,19-18-,24-22-,30-28-. The minimum absolute atomic E-state index is 0.00868. The van der Waals surface area contributed by atoms with Crippen LogP contribution in [0, 0.1) is 0 Å². The molecule has 0 saturated heterocycles. The fraction of sp³-hybridized carbons (Fsp3) is 0.622. The first-order chi connectivity index (χ1) is 22.3. The lowest BCUT2D eigenvalue weighted by atomic mass is 10.1. The minimum atomic E-state index is -4.30. The number of hydrogen-bond donors (Lipinski definition) is 1. The van der Waals surface area contributed by atoms with Crippen LogP contribution in [-0.4, -0.2) is 42.8 Å². The van der Waals surface area contributed by atoms with Crippen LogP contribution in [0.2, 0.25) is 0 Å². The highest BCUT2D eigenvalue weighted by atomic mass is 31.2. The normalized spacial score (nSPS) is 14.4. The van der Waals surface area contributed by atoms with Gasteiger partial charge in [0.05, 0.1) is 19.6 Å². The number of carbonyl (C=O) groups excluding carboxylic acids is 2. The van der Waals surface area contributed by atoms with Crippen molar-refractivity contribution in [3.8, 4) is 0 Å². The van der Waals surface area contributed by atoms with E-state index >= 15 is 0 Å². The Kier molecular flexibility index (Phi) is 30.7. The van der Waals surface area contributed by atoms with Crippen molar-refractivity contribution in [3.63, 3.8) is 0 Å². The maximum Gasteiger partial charge on any atom is 0.472 e. The monoisotopic (exact) mass is 664 g/mol. The van der Waals surface area contributed by atoms with Crippen LogP contribution in [0.5, 0.6) is 0 Å².